The standard InChI is InChI=1S/C11H7F3N4O2/c12-11(13,14)10-17-6(4-8(15)18-10)5-1-2-16-7(3-5)9(19)20/h1-4H,(H,19,20)(H2,15,17,18). The van der Waals surface area contributed by atoms with Gasteiger partial charge in [-0.3, -0.25) is 0 Å². The number of hydrogen-bond acceptors (Lipinski definition) is 5. The summed E-state index contributed by atoms with van der Waals surface area (Å²) >= 11 is 0. The van der Waals surface area contributed by atoms with E-state index in [1.54, 1.807) is 0 Å². The Kier molecular flexibility index (Phi) is 3.26. The summed E-state index contributed by atoms with van der Waals surface area (Å²) in [4.78, 5) is 20.8. The third-order valence-corrected chi connectivity index (χ3v) is 2.27. The fourth-order valence-electron chi connectivity index (χ4n) is 1.45. The van der Waals surface area contributed by atoms with Gasteiger partial charge in [0, 0.05) is 17.8 Å². The Morgan fingerprint density at radius 1 is 1.25 bits per heavy atom. The van der Waals surface area contributed by atoms with Gasteiger partial charge < -0.3 is 10.8 Å². The number of halogens is 3. The van der Waals surface area contributed by atoms with Gasteiger partial charge in [0.05, 0.1) is 5.69 Å². The van der Waals surface area contributed by atoms with Gasteiger partial charge in [0.25, 0.3) is 0 Å². The maximum atomic E-state index is 12.6. The molecule has 0 amide bonds. The first-order valence-corrected chi connectivity index (χ1v) is 5.19. The van der Waals surface area contributed by atoms with Crippen LogP contribution in [0.1, 0.15) is 16.3 Å². The van der Waals surface area contributed by atoms with E-state index in [0.29, 0.717) is 0 Å². The molecular formula is C11H7F3N4O2. The highest BCUT2D eigenvalue weighted by Gasteiger charge is 2.35. The zero-order chi connectivity index (χ0) is 14.9. The number of carboxylic acid groups (broad SMARTS) is 1. The van der Waals surface area contributed by atoms with Crippen molar-refractivity contribution in [2.45, 2.75) is 6.18 Å². The van der Waals surface area contributed by atoms with Gasteiger partial charge in [-0.25, -0.2) is 19.7 Å². The number of alkyl halides is 3. The van der Waals surface area contributed by atoms with Crippen LogP contribution in [0.5, 0.6) is 0 Å². The minimum atomic E-state index is -4.74. The third kappa shape index (κ3) is 2.82. The van der Waals surface area contributed by atoms with Crippen molar-refractivity contribution in [3.05, 3.63) is 35.9 Å². The van der Waals surface area contributed by atoms with Crippen LogP contribution in [-0.2, 0) is 6.18 Å². The van der Waals surface area contributed by atoms with E-state index < -0.39 is 18.0 Å². The van der Waals surface area contributed by atoms with Gasteiger partial charge in [-0.2, -0.15) is 13.2 Å². The van der Waals surface area contributed by atoms with E-state index in [1.165, 1.54) is 6.07 Å². The van der Waals surface area contributed by atoms with E-state index in [0.717, 1.165) is 18.3 Å². The lowest BCUT2D eigenvalue weighted by atomic mass is 10.1. The summed E-state index contributed by atoms with van der Waals surface area (Å²) in [6.45, 7) is 0. The number of aromatic nitrogens is 3. The summed E-state index contributed by atoms with van der Waals surface area (Å²) in [5.74, 6) is -3.05. The Labute approximate surface area is 110 Å². The molecule has 104 valence electrons. The molecule has 0 radical (unpaired) electrons. The number of carboxylic acids is 1. The molecule has 6 nitrogen and oxygen atoms in total. The van der Waals surface area contributed by atoms with E-state index in [9.17, 15) is 18.0 Å². The van der Waals surface area contributed by atoms with Crippen LogP contribution in [0.15, 0.2) is 24.4 Å². The van der Waals surface area contributed by atoms with Crippen molar-refractivity contribution in [2.24, 2.45) is 0 Å². The maximum Gasteiger partial charge on any atom is 0.451 e. The number of aromatic carboxylic acids is 1. The van der Waals surface area contributed by atoms with Gasteiger partial charge in [0.15, 0.2) is 0 Å². The van der Waals surface area contributed by atoms with Gasteiger partial charge in [-0.15, -0.1) is 0 Å². The highest BCUT2D eigenvalue weighted by atomic mass is 19.4. The molecule has 2 heterocycles. The molecule has 0 aliphatic rings. The molecule has 0 aromatic carbocycles. The van der Waals surface area contributed by atoms with Gasteiger partial charge >= 0.3 is 12.1 Å². The topological polar surface area (TPSA) is 102 Å². The summed E-state index contributed by atoms with van der Waals surface area (Å²) in [6, 6.07) is 3.55. The summed E-state index contributed by atoms with van der Waals surface area (Å²) in [7, 11) is 0. The molecule has 3 N–H and O–H groups in total. The van der Waals surface area contributed by atoms with Gasteiger partial charge in [0.2, 0.25) is 5.82 Å². The molecule has 2 aromatic heterocycles. The molecular weight excluding hydrogens is 277 g/mol. The number of nitrogen functional groups attached to an aromatic ring is 1. The van der Waals surface area contributed by atoms with Crippen LogP contribution in [0.25, 0.3) is 11.3 Å². The smallest absolute Gasteiger partial charge is 0.451 e. The Hall–Kier alpha value is -2.71. The first-order valence-electron chi connectivity index (χ1n) is 5.19. The van der Waals surface area contributed by atoms with E-state index in [2.05, 4.69) is 15.0 Å². The predicted molar refractivity (Wildman–Crippen MR) is 61.6 cm³/mol. The second-order valence-electron chi connectivity index (χ2n) is 3.73. The van der Waals surface area contributed by atoms with Crippen molar-refractivity contribution in [2.75, 3.05) is 5.73 Å². The lowest BCUT2D eigenvalue weighted by Gasteiger charge is -2.08. The number of nitrogens with two attached hydrogens (primary N) is 1. The van der Waals surface area contributed by atoms with E-state index in [4.69, 9.17) is 10.8 Å². The first-order chi connectivity index (χ1) is 9.27. The molecule has 0 atom stereocenters. The molecule has 9 heteroatoms. The number of anilines is 1. The van der Waals surface area contributed by atoms with Crippen LogP contribution >= 0.6 is 0 Å². The first kappa shape index (κ1) is 13.7. The largest absolute Gasteiger partial charge is 0.477 e. The highest BCUT2D eigenvalue weighted by Crippen LogP contribution is 2.29. The van der Waals surface area contributed by atoms with Crippen molar-refractivity contribution in [3.63, 3.8) is 0 Å². The molecule has 0 saturated heterocycles. The normalized spacial score (nSPS) is 11.3. The van der Waals surface area contributed by atoms with Gasteiger partial charge in [-0.1, -0.05) is 0 Å². The number of hydrogen-bond donors (Lipinski definition) is 2. The molecule has 0 fully saturated rings. The molecule has 20 heavy (non-hydrogen) atoms. The Balaban J connectivity index is 2.55. The zero-order valence-electron chi connectivity index (χ0n) is 9.72. The molecule has 0 saturated carbocycles. The van der Waals surface area contributed by atoms with Gasteiger partial charge in [0.1, 0.15) is 11.5 Å². The summed E-state index contributed by atoms with van der Waals surface area (Å²) in [6.07, 6.45) is -3.59. The minimum absolute atomic E-state index is 0.130. The Morgan fingerprint density at radius 3 is 2.55 bits per heavy atom. The number of pyridine rings is 1. The van der Waals surface area contributed by atoms with Crippen LogP contribution in [-0.4, -0.2) is 26.0 Å². The molecule has 0 aliphatic heterocycles. The molecule has 0 bridgehead atoms. The summed E-state index contributed by atoms with van der Waals surface area (Å²) in [5.41, 5.74) is 5.02. The molecule has 2 rings (SSSR count). The van der Waals surface area contributed by atoms with Crippen LogP contribution in [0.4, 0.5) is 19.0 Å². The fraction of sp³-hybridized carbons (Fsp3) is 0.0909. The second kappa shape index (κ2) is 4.76. The van der Waals surface area contributed by atoms with Crippen molar-refractivity contribution >= 4 is 11.8 Å². The van der Waals surface area contributed by atoms with Crippen LogP contribution in [0.2, 0.25) is 0 Å². The Morgan fingerprint density at radius 2 is 1.95 bits per heavy atom. The summed E-state index contributed by atoms with van der Waals surface area (Å²) < 4.78 is 37.8. The second-order valence-corrected chi connectivity index (χ2v) is 3.73. The lowest BCUT2D eigenvalue weighted by Crippen LogP contribution is -2.13. The van der Waals surface area contributed by atoms with Crippen molar-refractivity contribution in [1.82, 2.24) is 15.0 Å². The number of nitrogens with zero attached hydrogens (tertiary/aromatic N) is 3. The fourth-order valence-corrected chi connectivity index (χ4v) is 1.45. The zero-order valence-corrected chi connectivity index (χ0v) is 9.72. The lowest BCUT2D eigenvalue weighted by molar-refractivity contribution is -0.144. The maximum absolute atomic E-state index is 12.6. The number of rotatable bonds is 2. The van der Waals surface area contributed by atoms with Crippen molar-refractivity contribution < 1.29 is 23.1 Å². The minimum Gasteiger partial charge on any atom is -0.477 e. The van der Waals surface area contributed by atoms with E-state index in [1.807, 2.05) is 0 Å². The SMILES string of the molecule is Nc1cc(-c2ccnc(C(=O)O)c2)nc(C(F)(F)F)n1. The Bertz CT molecular complexity index is 673. The average molecular weight is 284 g/mol. The van der Waals surface area contributed by atoms with Crippen molar-refractivity contribution in [3.8, 4) is 11.3 Å². The number of carbonyl (C=O) groups is 1. The molecule has 0 aliphatic carbocycles. The third-order valence-electron chi connectivity index (χ3n) is 2.27. The summed E-state index contributed by atoms with van der Waals surface area (Å²) in [5, 5.41) is 8.79. The quantitative estimate of drug-likeness (QED) is 0.872. The predicted octanol–water partition coefficient (Wildman–Crippen LogP) is 1.84. The van der Waals surface area contributed by atoms with Crippen LogP contribution in [0, 0.1) is 0 Å². The molecule has 0 unspecified atom stereocenters. The van der Waals surface area contributed by atoms with E-state index in [-0.39, 0.29) is 22.8 Å². The highest BCUT2D eigenvalue weighted by molar-refractivity contribution is 5.86. The molecule has 2 aromatic rings. The monoisotopic (exact) mass is 284 g/mol. The van der Waals surface area contributed by atoms with Gasteiger partial charge in [-0.05, 0) is 12.1 Å². The van der Waals surface area contributed by atoms with E-state index >= 15 is 0 Å². The van der Waals surface area contributed by atoms with Crippen molar-refractivity contribution in [1.29, 1.82) is 0 Å². The average Bonchev–Trinajstić information content (AvgIpc) is 2.37. The molecule has 0 spiro atoms. The van der Waals surface area contributed by atoms with Crippen LogP contribution < -0.4 is 5.73 Å². The van der Waals surface area contributed by atoms with Crippen LogP contribution in [0.3, 0.4) is 0 Å².